The molecule has 1 atom stereocenters. The molecule has 12 heteroatoms. The molecule has 5 rings (SSSR count). The molecule has 2 amide bonds. The van der Waals surface area contributed by atoms with Crippen LogP contribution in [0.25, 0.3) is 0 Å². The van der Waals surface area contributed by atoms with Gasteiger partial charge in [-0.3, -0.25) is 14.3 Å². The van der Waals surface area contributed by atoms with Gasteiger partial charge < -0.3 is 19.4 Å². The number of anilines is 3. The van der Waals surface area contributed by atoms with Crippen molar-refractivity contribution in [1.29, 1.82) is 0 Å². The van der Waals surface area contributed by atoms with E-state index in [9.17, 15) is 18.0 Å². The predicted molar refractivity (Wildman–Crippen MR) is 155 cm³/mol. The third-order valence-corrected chi connectivity index (χ3v) is 9.16. The average Bonchev–Trinajstić information content (AvgIpc) is 3.44. The van der Waals surface area contributed by atoms with Crippen molar-refractivity contribution >= 4 is 49.7 Å². The number of nitrogens with zero attached hydrogens (tertiary/aromatic N) is 4. The summed E-state index contributed by atoms with van der Waals surface area (Å²) in [6.07, 6.45) is 3.40. The molecule has 0 saturated carbocycles. The highest BCUT2D eigenvalue weighted by atomic mass is 32.2. The monoisotopic (exact) mass is 573 g/mol. The minimum atomic E-state index is -3.78. The summed E-state index contributed by atoms with van der Waals surface area (Å²) in [5, 5.41) is 1.97. The predicted octanol–water partition coefficient (Wildman–Crippen LogP) is 3.85. The maximum Gasteiger partial charge on any atom is 0.263 e. The molecule has 2 aromatic carbocycles. The lowest BCUT2D eigenvalue weighted by atomic mass is 9.99. The van der Waals surface area contributed by atoms with Crippen LogP contribution in [0.2, 0.25) is 0 Å². The molecule has 210 valence electrons. The molecule has 0 radical (unpaired) electrons. The number of fused-ring (bicyclic) bond motifs is 1. The molecule has 3 aromatic rings. The van der Waals surface area contributed by atoms with Gasteiger partial charge in [0.15, 0.2) is 5.13 Å². The van der Waals surface area contributed by atoms with Crippen LogP contribution < -0.4 is 19.3 Å². The standard InChI is InChI=1S/C27H31N5O5S2.2H2/c1-3-37-23-8-4-6-20-7-5-14-31(25(20)23)19(2)26(34)30-15-16-32(24(33)18-30)21-9-11-22(12-10-21)39(35,36)29-27-28-13-17-38-27;;/h4,6,8-13,17,19H,3,5,7,14-16,18H2,1-2H3,(H,28,29);2*1H/t19-;;/m1../s1. The van der Waals surface area contributed by atoms with Crippen LogP contribution in [0, 0.1) is 0 Å². The summed E-state index contributed by atoms with van der Waals surface area (Å²) in [6, 6.07) is 11.7. The number of benzene rings is 2. The minimum absolute atomic E-state index is 0. The van der Waals surface area contributed by atoms with Gasteiger partial charge in [0.1, 0.15) is 18.3 Å². The second-order valence-electron chi connectivity index (χ2n) is 9.41. The zero-order valence-electron chi connectivity index (χ0n) is 21.9. The van der Waals surface area contributed by atoms with Gasteiger partial charge in [-0.2, -0.15) is 0 Å². The molecule has 1 N–H and O–H groups in total. The molecule has 0 spiro atoms. The smallest absolute Gasteiger partial charge is 0.263 e. The summed E-state index contributed by atoms with van der Waals surface area (Å²) in [6.45, 7) is 5.77. The Morgan fingerprint density at radius 1 is 1.18 bits per heavy atom. The van der Waals surface area contributed by atoms with Crippen molar-refractivity contribution in [2.75, 3.05) is 47.3 Å². The van der Waals surface area contributed by atoms with E-state index in [2.05, 4.69) is 20.7 Å². The molecule has 0 aliphatic carbocycles. The summed E-state index contributed by atoms with van der Waals surface area (Å²) in [4.78, 5) is 36.0. The van der Waals surface area contributed by atoms with Crippen LogP contribution in [-0.4, -0.2) is 68.9 Å². The van der Waals surface area contributed by atoms with Gasteiger partial charge >= 0.3 is 0 Å². The molecule has 2 aliphatic rings. The van der Waals surface area contributed by atoms with Crippen molar-refractivity contribution in [2.45, 2.75) is 37.6 Å². The SMILES string of the molecule is CCOc1cccc2c1N([C@H](C)C(=O)N1CCN(c3ccc(S(=O)(=O)Nc4nccs4)cc3)C(=O)C1)CCC2.[HH].[HH]. The van der Waals surface area contributed by atoms with Crippen molar-refractivity contribution in [3.63, 3.8) is 0 Å². The summed E-state index contributed by atoms with van der Waals surface area (Å²) >= 11 is 1.19. The Kier molecular flexibility index (Phi) is 7.76. The van der Waals surface area contributed by atoms with Gasteiger partial charge in [0.05, 0.1) is 17.2 Å². The quantitative estimate of drug-likeness (QED) is 0.436. The fraction of sp³-hybridized carbons (Fsp3) is 0.370. The number of sulfonamides is 1. The highest BCUT2D eigenvalue weighted by molar-refractivity contribution is 7.93. The van der Waals surface area contributed by atoms with Gasteiger partial charge in [-0.1, -0.05) is 12.1 Å². The number of ether oxygens (including phenoxy) is 1. The number of carbonyl (C=O) groups is 2. The van der Waals surface area contributed by atoms with Gasteiger partial charge in [-0.05, 0) is 62.6 Å². The molecule has 39 heavy (non-hydrogen) atoms. The second kappa shape index (κ2) is 11.2. The Balaban J connectivity index is 0.00000231. The lowest BCUT2D eigenvalue weighted by Gasteiger charge is -2.40. The Morgan fingerprint density at radius 3 is 2.67 bits per heavy atom. The molecule has 1 fully saturated rings. The zero-order valence-corrected chi connectivity index (χ0v) is 23.5. The van der Waals surface area contributed by atoms with E-state index in [0.717, 1.165) is 30.8 Å². The number of amides is 2. The first-order valence-corrected chi connectivity index (χ1v) is 15.3. The minimum Gasteiger partial charge on any atom is -0.492 e. The molecular weight excluding hydrogens is 538 g/mol. The molecule has 0 unspecified atom stereocenters. The fourth-order valence-corrected chi connectivity index (χ4v) is 6.88. The lowest BCUT2D eigenvalue weighted by Crippen LogP contribution is -2.57. The summed E-state index contributed by atoms with van der Waals surface area (Å²) in [5.41, 5.74) is 2.72. The number of piperazine rings is 1. The number of hydrogen-bond donors (Lipinski definition) is 1. The number of para-hydroxylation sites is 1. The van der Waals surface area contributed by atoms with E-state index in [4.69, 9.17) is 4.74 Å². The third kappa shape index (κ3) is 5.57. The van der Waals surface area contributed by atoms with Crippen LogP contribution in [0.15, 0.2) is 58.9 Å². The Bertz CT molecular complexity index is 1460. The Morgan fingerprint density at radius 2 is 1.97 bits per heavy atom. The van der Waals surface area contributed by atoms with Crippen molar-refractivity contribution in [3.05, 3.63) is 59.6 Å². The Labute approximate surface area is 235 Å². The first-order chi connectivity index (χ1) is 18.8. The molecule has 1 saturated heterocycles. The van der Waals surface area contributed by atoms with Crippen molar-refractivity contribution in [2.24, 2.45) is 0 Å². The lowest BCUT2D eigenvalue weighted by molar-refractivity contribution is -0.137. The number of thiazole rings is 1. The van der Waals surface area contributed by atoms with Crippen LogP contribution in [-0.2, 0) is 26.0 Å². The van der Waals surface area contributed by atoms with Gasteiger partial charge in [-0.15, -0.1) is 11.3 Å². The van der Waals surface area contributed by atoms with E-state index >= 15 is 0 Å². The largest absolute Gasteiger partial charge is 0.492 e. The third-order valence-electron chi connectivity index (χ3n) is 6.98. The van der Waals surface area contributed by atoms with E-state index < -0.39 is 16.1 Å². The molecule has 0 bridgehead atoms. The Hall–Kier alpha value is -3.64. The number of aryl methyl sites for hydroxylation is 1. The van der Waals surface area contributed by atoms with E-state index in [0.29, 0.717) is 25.4 Å². The topological polar surface area (TPSA) is 112 Å². The van der Waals surface area contributed by atoms with Crippen LogP contribution >= 0.6 is 11.3 Å². The van der Waals surface area contributed by atoms with Crippen molar-refractivity contribution < 1.29 is 25.6 Å². The van der Waals surface area contributed by atoms with Crippen LogP contribution in [0.3, 0.4) is 0 Å². The van der Waals surface area contributed by atoms with E-state index in [-0.39, 0.29) is 31.2 Å². The highest BCUT2D eigenvalue weighted by Gasteiger charge is 2.35. The molecular formula is C27H35N5O5S2. The molecule has 3 heterocycles. The summed E-state index contributed by atoms with van der Waals surface area (Å²) in [7, 11) is -3.78. The number of rotatable bonds is 8. The van der Waals surface area contributed by atoms with Crippen LogP contribution in [0.4, 0.5) is 16.5 Å². The first-order valence-electron chi connectivity index (χ1n) is 12.9. The van der Waals surface area contributed by atoms with Gasteiger partial charge in [0, 0.05) is 39.8 Å². The highest BCUT2D eigenvalue weighted by Crippen LogP contribution is 2.38. The number of hydrogen-bond acceptors (Lipinski definition) is 8. The van der Waals surface area contributed by atoms with Crippen molar-refractivity contribution in [3.8, 4) is 5.75 Å². The second-order valence-corrected chi connectivity index (χ2v) is 12.0. The number of aromatic nitrogens is 1. The van der Waals surface area contributed by atoms with Crippen LogP contribution in [0.5, 0.6) is 5.75 Å². The zero-order chi connectivity index (χ0) is 27.6. The van der Waals surface area contributed by atoms with Crippen LogP contribution in [0.1, 0.15) is 28.7 Å². The maximum absolute atomic E-state index is 13.5. The normalized spacial score (nSPS) is 16.6. The molecule has 2 aliphatic heterocycles. The van der Waals surface area contributed by atoms with E-state index in [1.54, 1.807) is 27.3 Å². The van der Waals surface area contributed by atoms with E-state index in [1.807, 2.05) is 26.0 Å². The number of nitrogens with one attached hydrogen (secondary N) is 1. The fourth-order valence-electron chi connectivity index (χ4n) is 5.09. The van der Waals surface area contributed by atoms with Gasteiger partial charge in [0.25, 0.3) is 10.0 Å². The molecule has 10 nitrogen and oxygen atoms in total. The summed E-state index contributed by atoms with van der Waals surface area (Å²) in [5.74, 6) is 0.465. The summed E-state index contributed by atoms with van der Waals surface area (Å²) < 4.78 is 33.5. The van der Waals surface area contributed by atoms with E-state index in [1.165, 1.54) is 35.2 Å². The maximum atomic E-state index is 13.5. The number of carbonyl (C=O) groups excluding carboxylic acids is 2. The van der Waals surface area contributed by atoms with Crippen molar-refractivity contribution in [1.82, 2.24) is 9.88 Å². The van der Waals surface area contributed by atoms with Gasteiger partial charge in [0.2, 0.25) is 11.8 Å². The van der Waals surface area contributed by atoms with Gasteiger partial charge in [-0.25, -0.2) is 13.4 Å². The molecule has 1 aromatic heterocycles. The average molecular weight is 574 g/mol. The first kappa shape index (κ1) is 26.9.